The lowest BCUT2D eigenvalue weighted by Gasteiger charge is -2.32. The van der Waals surface area contributed by atoms with Crippen molar-refractivity contribution < 1.29 is 21.6 Å². The van der Waals surface area contributed by atoms with Crippen molar-refractivity contribution in [2.45, 2.75) is 30.8 Å². The molecule has 1 aromatic rings. The van der Waals surface area contributed by atoms with E-state index in [1.165, 1.54) is 12.1 Å². The molecule has 0 bridgehead atoms. The number of sulfonamides is 1. The molecule has 1 atom stereocenters. The van der Waals surface area contributed by atoms with Gasteiger partial charge in [-0.25, -0.2) is 8.42 Å². The molecule has 0 saturated carbocycles. The van der Waals surface area contributed by atoms with Crippen molar-refractivity contribution in [2.24, 2.45) is 5.92 Å². The quantitative estimate of drug-likeness (QED) is 0.842. The van der Waals surface area contributed by atoms with Crippen LogP contribution in [0.1, 0.15) is 18.4 Å². The van der Waals surface area contributed by atoms with Crippen LogP contribution in [0.3, 0.4) is 0 Å². The largest absolute Gasteiger partial charge is 0.393 e. The summed E-state index contributed by atoms with van der Waals surface area (Å²) in [6, 6.07) is 6.14. The molecule has 0 amide bonds. The van der Waals surface area contributed by atoms with Crippen molar-refractivity contribution in [3.05, 3.63) is 29.8 Å². The molecule has 1 aliphatic rings. The van der Waals surface area contributed by atoms with Gasteiger partial charge in [0.2, 0.25) is 10.0 Å². The topological polar surface area (TPSA) is 37.4 Å². The van der Waals surface area contributed by atoms with Gasteiger partial charge in [-0.2, -0.15) is 17.5 Å². The fourth-order valence-corrected chi connectivity index (χ4v) is 3.81. The highest BCUT2D eigenvalue weighted by Gasteiger charge is 2.44. The summed E-state index contributed by atoms with van der Waals surface area (Å²) in [5, 5.41) is 0. The van der Waals surface area contributed by atoms with Gasteiger partial charge < -0.3 is 0 Å². The highest BCUT2D eigenvalue weighted by Crippen LogP contribution is 2.34. The Labute approximate surface area is 116 Å². The highest BCUT2D eigenvalue weighted by molar-refractivity contribution is 7.89. The van der Waals surface area contributed by atoms with E-state index in [1.54, 1.807) is 12.1 Å². The van der Waals surface area contributed by atoms with Gasteiger partial charge in [0.05, 0.1) is 10.8 Å². The van der Waals surface area contributed by atoms with Crippen LogP contribution in [-0.2, 0) is 10.0 Å². The molecule has 0 spiro atoms. The summed E-state index contributed by atoms with van der Waals surface area (Å²) < 4.78 is 63.8. The normalized spacial score (nSPS) is 21.9. The Hall–Kier alpha value is -1.08. The van der Waals surface area contributed by atoms with Gasteiger partial charge in [0.15, 0.2) is 0 Å². The van der Waals surface area contributed by atoms with E-state index in [2.05, 4.69) is 0 Å². The number of hydrogen-bond donors (Lipinski definition) is 0. The van der Waals surface area contributed by atoms with Gasteiger partial charge in [-0.3, -0.25) is 0 Å². The van der Waals surface area contributed by atoms with Crippen LogP contribution in [0.25, 0.3) is 0 Å². The Bertz CT molecular complexity index is 566. The van der Waals surface area contributed by atoms with Gasteiger partial charge in [-0.15, -0.1) is 0 Å². The van der Waals surface area contributed by atoms with E-state index in [0.717, 1.165) is 9.87 Å². The summed E-state index contributed by atoms with van der Waals surface area (Å²) in [6.45, 7) is 1.47. The van der Waals surface area contributed by atoms with Crippen LogP contribution in [0.5, 0.6) is 0 Å². The molecule has 1 saturated heterocycles. The Morgan fingerprint density at radius 3 is 2.35 bits per heavy atom. The zero-order valence-electron chi connectivity index (χ0n) is 11.0. The molecular formula is C13H16F3NO2S. The third-order valence-corrected chi connectivity index (χ3v) is 5.39. The van der Waals surface area contributed by atoms with E-state index in [-0.39, 0.29) is 24.3 Å². The second-order valence-corrected chi connectivity index (χ2v) is 6.99. The molecule has 0 radical (unpaired) electrons. The second-order valence-electron chi connectivity index (χ2n) is 5.06. The van der Waals surface area contributed by atoms with E-state index in [1.807, 2.05) is 6.92 Å². The Morgan fingerprint density at radius 1 is 1.20 bits per heavy atom. The maximum atomic E-state index is 12.7. The molecule has 20 heavy (non-hydrogen) atoms. The lowest BCUT2D eigenvalue weighted by atomic mass is 9.99. The molecule has 3 nitrogen and oxygen atoms in total. The maximum Gasteiger partial charge on any atom is 0.393 e. The first-order chi connectivity index (χ1) is 9.21. The molecule has 1 aromatic carbocycles. The zero-order valence-corrected chi connectivity index (χ0v) is 11.8. The Balaban J connectivity index is 2.23. The predicted molar refractivity (Wildman–Crippen MR) is 68.7 cm³/mol. The third-order valence-electron chi connectivity index (χ3n) is 3.51. The van der Waals surface area contributed by atoms with Crippen LogP contribution in [0, 0.1) is 12.8 Å². The fourth-order valence-electron chi connectivity index (χ4n) is 2.29. The van der Waals surface area contributed by atoms with Crippen LogP contribution in [0.4, 0.5) is 13.2 Å². The highest BCUT2D eigenvalue weighted by atomic mass is 32.2. The number of benzene rings is 1. The number of alkyl halides is 3. The monoisotopic (exact) mass is 307 g/mol. The van der Waals surface area contributed by atoms with Gasteiger partial charge >= 0.3 is 6.18 Å². The van der Waals surface area contributed by atoms with E-state index >= 15 is 0 Å². The van der Waals surface area contributed by atoms with Crippen LogP contribution in [0.2, 0.25) is 0 Å². The molecule has 1 fully saturated rings. The van der Waals surface area contributed by atoms with Crippen molar-refractivity contribution >= 4 is 10.0 Å². The Kier molecular flexibility index (Phi) is 4.11. The molecule has 1 heterocycles. The molecule has 112 valence electrons. The smallest absolute Gasteiger partial charge is 0.207 e. The molecule has 7 heteroatoms. The zero-order chi connectivity index (χ0) is 15.0. The van der Waals surface area contributed by atoms with Gasteiger partial charge in [-0.1, -0.05) is 17.7 Å². The molecule has 0 aliphatic carbocycles. The van der Waals surface area contributed by atoms with Crippen LogP contribution < -0.4 is 0 Å². The summed E-state index contributed by atoms with van der Waals surface area (Å²) in [4.78, 5) is 0.0472. The van der Waals surface area contributed by atoms with Crippen LogP contribution >= 0.6 is 0 Å². The Morgan fingerprint density at radius 2 is 1.80 bits per heavy atom. The van der Waals surface area contributed by atoms with E-state index < -0.39 is 28.7 Å². The average molecular weight is 307 g/mol. The van der Waals surface area contributed by atoms with Crippen molar-refractivity contribution in [1.82, 2.24) is 4.31 Å². The van der Waals surface area contributed by atoms with E-state index in [0.29, 0.717) is 0 Å². The first-order valence-electron chi connectivity index (χ1n) is 6.35. The van der Waals surface area contributed by atoms with Gasteiger partial charge in [0, 0.05) is 13.1 Å². The van der Waals surface area contributed by atoms with Gasteiger partial charge in [-0.05, 0) is 31.9 Å². The average Bonchev–Trinajstić information content (AvgIpc) is 2.38. The van der Waals surface area contributed by atoms with Crippen LogP contribution in [0.15, 0.2) is 29.2 Å². The SMILES string of the molecule is Cc1ccc(S(=O)(=O)N2CCC[C@H](C(F)(F)F)C2)cc1. The summed E-state index contributed by atoms with van der Waals surface area (Å²) in [7, 11) is -3.84. The minimum atomic E-state index is -4.35. The number of aryl methyl sites for hydroxylation is 1. The number of halogens is 3. The molecule has 0 aromatic heterocycles. The predicted octanol–water partition coefficient (Wildman–Crippen LogP) is 2.96. The van der Waals surface area contributed by atoms with Crippen LogP contribution in [-0.4, -0.2) is 32.0 Å². The number of hydrogen-bond acceptors (Lipinski definition) is 2. The second kappa shape index (κ2) is 5.37. The van der Waals surface area contributed by atoms with Gasteiger partial charge in [0.1, 0.15) is 0 Å². The molecular weight excluding hydrogens is 291 g/mol. The lowest BCUT2D eigenvalue weighted by molar-refractivity contribution is -0.182. The fraction of sp³-hybridized carbons (Fsp3) is 0.538. The van der Waals surface area contributed by atoms with Crippen molar-refractivity contribution in [2.75, 3.05) is 13.1 Å². The van der Waals surface area contributed by atoms with E-state index in [4.69, 9.17) is 0 Å². The summed E-state index contributed by atoms with van der Waals surface area (Å²) in [5.74, 6) is -1.57. The number of piperidine rings is 1. The first-order valence-corrected chi connectivity index (χ1v) is 7.79. The standard InChI is InChI=1S/C13H16F3NO2S/c1-10-4-6-12(7-5-10)20(18,19)17-8-2-3-11(9-17)13(14,15)16/h4-7,11H,2-3,8-9H2,1H3/t11-/m0/s1. The van der Waals surface area contributed by atoms with Crippen molar-refractivity contribution in [3.8, 4) is 0 Å². The molecule has 2 rings (SSSR count). The molecule has 1 aliphatic heterocycles. The summed E-state index contributed by atoms with van der Waals surface area (Å²) in [6.07, 6.45) is -4.12. The molecule has 0 N–H and O–H groups in total. The summed E-state index contributed by atoms with van der Waals surface area (Å²) in [5.41, 5.74) is 0.899. The number of nitrogens with zero attached hydrogens (tertiary/aromatic N) is 1. The van der Waals surface area contributed by atoms with Crippen molar-refractivity contribution in [1.29, 1.82) is 0 Å². The lowest BCUT2D eigenvalue weighted by Crippen LogP contribution is -2.44. The first kappa shape index (κ1) is 15.3. The van der Waals surface area contributed by atoms with E-state index in [9.17, 15) is 21.6 Å². The number of rotatable bonds is 2. The molecule has 0 unspecified atom stereocenters. The third kappa shape index (κ3) is 3.15. The minimum absolute atomic E-state index is 0.0105. The summed E-state index contributed by atoms with van der Waals surface area (Å²) >= 11 is 0. The maximum absolute atomic E-state index is 12.7. The van der Waals surface area contributed by atoms with Crippen molar-refractivity contribution in [3.63, 3.8) is 0 Å². The van der Waals surface area contributed by atoms with Gasteiger partial charge in [0.25, 0.3) is 0 Å². The minimum Gasteiger partial charge on any atom is -0.207 e.